The third-order valence-corrected chi connectivity index (χ3v) is 6.30. The van der Waals surface area contributed by atoms with Crippen LogP contribution in [0.2, 0.25) is 5.02 Å². The van der Waals surface area contributed by atoms with Gasteiger partial charge in [0.2, 0.25) is 5.91 Å². The second-order valence-electron chi connectivity index (χ2n) is 8.34. The van der Waals surface area contributed by atoms with Gasteiger partial charge in [0.05, 0.1) is 12.5 Å². The van der Waals surface area contributed by atoms with Crippen LogP contribution in [0.15, 0.2) is 36.4 Å². The number of carbonyl (C=O) groups excluding carboxylic acids is 1. The van der Waals surface area contributed by atoms with E-state index in [1.807, 2.05) is 17.0 Å². The average Bonchev–Trinajstić information content (AvgIpc) is 3.22. The molecule has 2 aliphatic rings. The van der Waals surface area contributed by atoms with E-state index in [0.717, 1.165) is 62.5 Å². The molecule has 1 unspecified atom stereocenters. The van der Waals surface area contributed by atoms with Crippen LogP contribution in [0, 0.1) is 6.92 Å². The van der Waals surface area contributed by atoms with Crippen LogP contribution in [0.1, 0.15) is 60.5 Å². The first-order chi connectivity index (χ1) is 14.1. The van der Waals surface area contributed by atoms with Gasteiger partial charge in [-0.15, -0.1) is 0 Å². The molecule has 154 valence electrons. The highest BCUT2D eigenvalue weighted by molar-refractivity contribution is 6.30. The SMILES string of the molecule is Cc1cc(Cc2ccc(Cl)cc2)cc(C2CCN(C(=O)CC3CCCO3)CC2)n1. The van der Waals surface area contributed by atoms with E-state index < -0.39 is 0 Å². The van der Waals surface area contributed by atoms with E-state index in [4.69, 9.17) is 21.3 Å². The predicted molar refractivity (Wildman–Crippen MR) is 115 cm³/mol. The molecule has 4 rings (SSSR count). The Morgan fingerprint density at radius 1 is 1.14 bits per heavy atom. The lowest BCUT2D eigenvalue weighted by Gasteiger charge is -2.32. The number of amides is 1. The fourth-order valence-corrected chi connectivity index (χ4v) is 4.60. The molecule has 3 heterocycles. The van der Waals surface area contributed by atoms with Gasteiger partial charge in [-0.1, -0.05) is 23.7 Å². The van der Waals surface area contributed by atoms with Crippen molar-refractivity contribution in [3.05, 3.63) is 63.9 Å². The molecule has 2 fully saturated rings. The number of benzene rings is 1. The van der Waals surface area contributed by atoms with Gasteiger partial charge in [0.15, 0.2) is 0 Å². The van der Waals surface area contributed by atoms with Crippen molar-refractivity contribution in [2.45, 2.75) is 57.5 Å². The summed E-state index contributed by atoms with van der Waals surface area (Å²) in [5, 5.41) is 0.765. The highest BCUT2D eigenvalue weighted by atomic mass is 35.5. The summed E-state index contributed by atoms with van der Waals surface area (Å²) in [6.45, 7) is 4.50. The van der Waals surface area contributed by atoms with Gasteiger partial charge >= 0.3 is 0 Å². The fourth-order valence-electron chi connectivity index (χ4n) is 4.47. The Labute approximate surface area is 178 Å². The minimum atomic E-state index is 0.133. The van der Waals surface area contributed by atoms with Crippen LogP contribution in [-0.2, 0) is 16.0 Å². The zero-order valence-corrected chi connectivity index (χ0v) is 17.8. The van der Waals surface area contributed by atoms with Crippen molar-refractivity contribution in [1.29, 1.82) is 0 Å². The van der Waals surface area contributed by atoms with Crippen molar-refractivity contribution in [3.8, 4) is 0 Å². The summed E-state index contributed by atoms with van der Waals surface area (Å²) in [5.74, 6) is 0.668. The molecule has 2 aromatic rings. The Morgan fingerprint density at radius 2 is 1.90 bits per heavy atom. The summed E-state index contributed by atoms with van der Waals surface area (Å²) in [5.41, 5.74) is 4.76. The number of likely N-dealkylation sites (tertiary alicyclic amines) is 1. The summed E-state index contributed by atoms with van der Waals surface area (Å²) < 4.78 is 5.62. The van der Waals surface area contributed by atoms with E-state index in [1.165, 1.54) is 16.8 Å². The van der Waals surface area contributed by atoms with Gasteiger partial charge in [-0.3, -0.25) is 9.78 Å². The van der Waals surface area contributed by atoms with Crippen molar-refractivity contribution < 1.29 is 9.53 Å². The zero-order chi connectivity index (χ0) is 20.2. The number of nitrogens with zero attached hydrogens (tertiary/aromatic N) is 2. The Bertz CT molecular complexity index is 838. The molecule has 2 aliphatic heterocycles. The van der Waals surface area contributed by atoms with E-state index in [9.17, 15) is 4.79 Å². The number of pyridine rings is 1. The summed E-state index contributed by atoms with van der Waals surface area (Å²) in [6.07, 6.45) is 5.62. The van der Waals surface area contributed by atoms with Gasteiger partial charge in [0.1, 0.15) is 0 Å². The van der Waals surface area contributed by atoms with Crippen molar-refractivity contribution in [3.63, 3.8) is 0 Å². The molecular formula is C24H29ClN2O2. The Morgan fingerprint density at radius 3 is 2.59 bits per heavy atom. The molecule has 1 aromatic carbocycles. The van der Waals surface area contributed by atoms with Crippen LogP contribution in [0.4, 0.5) is 0 Å². The Hall–Kier alpha value is -1.91. The number of rotatable bonds is 5. The third-order valence-electron chi connectivity index (χ3n) is 6.05. The van der Waals surface area contributed by atoms with Crippen LogP contribution in [0.3, 0.4) is 0 Å². The van der Waals surface area contributed by atoms with Crippen LogP contribution in [0.25, 0.3) is 0 Å². The van der Waals surface area contributed by atoms with Gasteiger partial charge in [0.25, 0.3) is 0 Å². The standard InChI is InChI=1S/C24H29ClN2O2/c1-17-13-19(14-18-4-6-21(25)7-5-18)15-23(26-17)20-8-10-27(11-9-20)24(28)16-22-3-2-12-29-22/h4-7,13,15,20,22H,2-3,8-12,14,16H2,1H3. The zero-order valence-electron chi connectivity index (χ0n) is 17.1. The Balaban J connectivity index is 1.37. The molecule has 4 nitrogen and oxygen atoms in total. The fraction of sp³-hybridized carbons (Fsp3) is 0.500. The van der Waals surface area contributed by atoms with Crippen LogP contribution in [0.5, 0.6) is 0 Å². The molecule has 5 heteroatoms. The minimum absolute atomic E-state index is 0.133. The molecule has 2 saturated heterocycles. The van der Waals surface area contributed by atoms with Crippen molar-refractivity contribution in [1.82, 2.24) is 9.88 Å². The first-order valence-electron chi connectivity index (χ1n) is 10.7. The first-order valence-corrected chi connectivity index (χ1v) is 11.1. The molecule has 0 saturated carbocycles. The van der Waals surface area contributed by atoms with Crippen molar-refractivity contribution in [2.24, 2.45) is 0 Å². The number of piperidine rings is 1. The number of hydrogen-bond donors (Lipinski definition) is 0. The van der Waals surface area contributed by atoms with Crippen LogP contribution < -0.4 is 0 Å². The smallest absolute Gasteiger partial charge is 0.225 e. The predicted octanol–water partition coefficient (Wildman–Crippen LogP) is 4.91. The maximum atomic E-state index is 12.6. The topological polar surface area (TPSA) is 42.4 Å². The van der Waals surface area contributed by atoms with E-state index in [0.29, 0.717) is 12.3 Å². The Kier molecular flexibility index (Phi) is 6.51. The van der Waals surface area contributed by atoms with E-state index >= 15 is 0 Å². The quantitative estimate of drug-likeness (QED) is 0.700. The van der Waals surface area contributed by atoms with Gasteiger partial charge < -0.3 is 9.64 Å². The van der Waals surface area contributed by atoms with Gasteiger partial charge in [-0.25, -0.2) is 0 Å². The third kappa shape index (κ3) is 5.37. The van der Waals surface area contributed by atoms with Crippen molar-refractivity contribution in [2.75, 3.05) is 19.7 Å². The normalized spacial score (nSPS) is 20.2. The molecule has 0 radical (unpaired) electrons. The number of aryl methyl sites for hydroxylation is 1. The maximum absolute atomic E-state index is 12.6. The lowest BCUT2D eigenvalue weighted by Crippen LogP contribution is -2.39. The summed E-state index contributed by atoms with van der Waals surface area (Å²) >= 11 is 6.00. The monoisotopic (exact) mass is 412 g/mol. The van der Waals surface area contributed by atoms with Crippen LogP contribution in [-0.4, -0.2) is 41.6 Å². The maximum Gasteiger partial charge on any atom is 0.225 e. The number of hydrogen-bond acceptors (Lipinski definition) is 3. The largest absolute Gasteiger partial charge is 0.378 e. The van der Waals surface area contributed by atoms with Gasteiger partial charge in [0, 0.05) is 42.0 Å². The molecule has 1 amide bonds. The molecule has 0 aliphatic carbocycles. The highest BCUT2D eigenvalue weighted by Crippen LogP contribution is 2.29. The average molecular weight is 413 g/mol. The second kappa shape index (κ2) is 9.27. The molecule has 1 atom stereocenters. The molecular weight excluding hydrogens is 384 g/mol. The minimum Gasteiger partial charge on any atom is -0.378 e. The van der Waals surface area contributed by atoms with Gasteiger partial charge in [-0.05, 0) is 74.4 Å². The first kappa shape index (κ1) is 20.4. The van der Waals surface area contributed by atoms with E-state index in [1.54, 1.807) is 0 Å². The summed E-state index contributed by atoms with van der Waals surface area (Å²) in [4.78, 5) is 19.4. The van der Waals surface area contributed by atoms with Crippen LogP contribution >= 0.6 is 11.6 Å². The lowest BCUT2D eigenvalue weighted by atomic mass is 9.91. The summed E-state index contributed by atoms with van der Waals surface area (Å²) in [6, 6.07) is 12.4. The highest BCUT2D eigenvalue weighted by Gasteiger charge is 2.27. The molecule has 29 heavy (non-hydrogen) atoms. The number of halogens is 1. The van der Waals surface area contributed by atoms with E-state index in [-0.39, 0.29) is 12.0 Å². The number of aromatic nitrogens is 1. The van der Waals surface area contributed by atoms with E-state index in [2.05, 4.69) is 31.2 Å². The number of ether oxygens (including phenoxy) is 1. The van der Waals surface area contributed by atoms with Gasteiger partial charge in [-0.2, -0.15) is 0 Å². The molecule has 0 N–H and O–H groups in total. The van der Waals surface area contributed by atoms with Crippen molar-refractivity contribution >= 4 is 17.5 Å². The molecule has 1 aromatic heterocycles. The second-order valence-corrected chi connectivity index (χ2v) is 8.78. The number of carbonyl (C=O) groups is 1. The molecule has 0 bridgehead atoms. The summed E-state index contributed by atoms with van der Waals surface area (Å²) in [7, 11) is 0. The lowest BCUT2D eigenvalue weighted by molar-refractivity contribution is -0.134. The molecule has 0 spiro atoms.